The standard InChI is InChI=1S/C19H29F4N5O3/c1-11(9-30-17(20)21)25-16(29)14-8-24-19(26-12(2)10-31-18(22)23)28-15(14)27-13-6-4-3-5-7-13/h8,11-13,17-18H,3-7,9-10H2,1-2H3,(H,25,29)(H2,24,26,27,28)/t11-,12+/m1/s1. The third-order valence-corrected chi connectivity index (χ3v) is 4.68. The summed E-state index contributed by atoms with van der Waals surface area (Å²) in [5.41, 5.74) is 0.150. The van der Waals surface area contributed by atoms with Crippen LogP contribution in [-0.4, -0.2) is 60.4 Å². The lowest BCUT2D eigenvalue weighted by Crippen LogP contribution is -2.37. The molecule has 0 unspecified atom stereocenters. The summed E-state index contributed by atoms with van der Waals surface area (Å²) in [6.07, 6.45) is 6.40. The summed E-state index contributed by atoms with van der Waals surface area (Å²) in [6.45, 7) is -3.24. The van der Waals surface area contributed by atoms with E-state index in [2.05, 4.69) is 35.4 Å². The Morgan fingerprint density at radius 2 is 1.68 bits per heavy atom. The molecule has 1 aliphatic carbocycles. The number of halogens is 4. The fourth-order valence-electron chi connectivity index (χ4n) is 3.21. The zero-order valence-electron chi connectivity index (χ0n) is 17.5. The number of rotatable bonds is 12. The Balaban J connectivity index is 2.11. The van der Waals surface area contributed by atoms with E-state index < -0.39 is 31.2 Å². The van der Waals surface area contributed by atoms with Gasteiger partial charge in [0.1, 0.15) is 11.4 Å². The summed E-state index contributed by atoms with van der Waals surface area (Å²) in [5.74, 6) is -0.107. The molecule has 12 heteroatoms. The molecule has 176 valence electrons. The van der Waals surface area contributed by atoms with E-state index in [0.29, 0.717) is 0 Å². The van der Waals surface area contributed by atoms with Crippen LogP contribution in [0.5, 0.6) is 0 Å². The maximum absolute atomic E-state index is 12.7. The molecule has 1 fully saturated rings. The third kappa shape index (κ3) is 9.21. The Morgan fingerprint density at radius 1 is 1.06 bits per heavy atom. The van der Waals surface area contributed by atoms with Gasteiger partial charge in [-0.2, -0.15) is 22.5 Å². The predicted octanol–water partition coefficient (Wildman–Crippen LogP) is 3.62. The highest BCUT2D eigenvalue weighted by Gasteiger charge is 2.21. The lowest BCUT2D eigenvalue weighted by molar-refractivity contribution is -0.132. The molecule has 0 aromatic carbocycles. The average Bonchev–Trinajstić information content (AvgIpc) is 2.71. The van der Waals surface area contributed by atoms with Gasteiger partial charge >= 0.3 is 13.2 Å². The van der Waals surface area contributed by atoms with Gasteiger partial charge in [-0.25, -0.2) is 4.98 Å². The number of carbonyl (C=O) groups is 1. The van der Waals surface area contributed by atoms with E-state index in [-0.39, 0.29) is 36.6 Å². The van der Waals surface area contributed by atoms with E-state index in [0.717, 1.165) is 32.1 Å². The highest BCUT2D eigenvalue weighted by molar-refractivity contribution is 5.98. The minimum Gasteiger partial charge on any atom is -0.367 e. The van der Waals surface area contributed by atoms with Gasteiger partial charge in [-0.15, -0.1) is 0 Å². The smallest absolute Gasteiger partial charge is 0.345 e. The van der Waals surface area contributed by atoms with Gasteiger partial charge < -0.3 is 25.4 Å². The molecule has 1 saturated carbocycles. The minimum absolute atomic E-state index is 0.127. The van der Waals surface area contributed by atoms with Crippen molar-refractivity contribution in [2.75, 3.05) is 23.8 Å². The van der Waals surface area contributed by atoms with Crippen LogP contribution in [0, 0.1) is 0 Å². The summed E-state index contributed by atoms with van der Waals surface area (Å²) in [7, 11) is 0. The Kier molecular flexibility index (Phi) is 10.2. The molecular formula is C19H29F4N5O3. The van der Waals surface area contributed by atoms with Crippen molar-refractivity contribution in [1.29, 1.82) is 0 Å². The lowest BCUT2D eigenvalue weighted by atomic mass is 9.95. The Hall–Kier alpha value is -2.21. The molecule has 0 radical (unpaired) electrons. The normalized spacial score (nSPS) is 16.9. The van der Waals surface area contributed by atoms with Crippen molar-refractivity contribution in [3.05, 3.63) is 11.8 Å². The van der Waals surface area contributed by atoms with Gasteiger partial charge in [-0.1, -0.05) is 19.3 Å². The topological polar surface area (TPSA) is 97.4 Å². The van der Waals surface area contributed by atoms with E-state index in [1.54, 1.807) is 6.92 Å². The fraction of sp³-hybridized carbons (Fsp3) is 0.737. The summed E-state index contributed by atoms with van der Waals surface area (Å²) >= 11 is 0. The number of hydrogen-bond donors (Lipinski definition) is 3. The van der Waals surface area contributed by atoms with Crippen molar-refractivity contribution >= 4 is 17.7 Å². The van der Waals surface area contributed by atoms with Gasteiger partial charge in [-0.05, 0) is 26.7 Å². The van der Waals surface area contributed by atoms with Crippen LogP contribution >= 0.6 is 0 Å². The van der Waals surface area contributed by atoms with Crippen LogP contribution in [0.25, 0.3) is 0 Å². The van der Waals surface area contributed by atoms with Gasteiger partial charge in [0.2, 0.25) is 5.95 Å². The first-order chi connectivity index (χ1) is 14.7. The zero-order chi connectivity index (χ0) is 22.8. The van der Waals surface area contributed by atoms with E-state index in [1.165, 1.54) is 13.1 Å². The van der Waals surface area contributed by atoms with E-state index >= 15 is 0 Å². The number of alkyl halides is 4. The molecule has 1 amide bonds. The van der Waals surface area contributed by atoms with Gasteiger partial charge in [0.15, 0.2) is 0 Å². The quantitative estimate of drug-likeness (QED) is 0.418. The number of nitrogens with zero attached hydrogens (tertiary/aromatic N) is 2. The highest BCUT2D eigenvalue weighted by Crippen LogP contribution is 2.23. The largest absolute Gasteiger partial charge is 0.367 e. The molecule has 2 rings (SSSR count). The maximum Gasteiger partial charge on any atom is 0.345 e. The van der Waals surface area contributed by atoms with Crippen molar-refractivity contribution < 1.29 is 31.8 Å². The first-order valence-corrected chi connectivity index (χ1v) is 10.2. The van der Waals surface area contributed by atoms with Crippen molar-refractivity contribution in [2.45, 2.75) is 77.3 Å². The number of carbonyl (C=O) groups excluding carboxylic acids is 1. The molecule has 1 aliphatic rings. The Labute approximate surface area is 178 Å². The van der Waals surface area contributed by atoms with Gasteiger partial charge in [0.25, 0.3) is 5.91 Å². The molecule has 0 spiro atoms. The second kappa shape index (κ2) is 12.6. The number of amides is 1. The molecule has 0 aliphatic heterocycles. The maximum atomic E-state index is 12.7. The predicted molar refractivity (Wildman–Crippen MR) is 106 cm³/mol. The van der Waals surface area contributed by atoms with Crippen LogP contribution < -0.4 is 16.0 Å². The monoisotopic (exact) mass is 451 g/mol. The fourth-order valence-corrected chi connectivity index (χ4v) is 3.21. The van der Waals surface area contributed by atoms with Crippen molar-refractivity contribution in [1.82, 2.24) is 15.3 Å². The molecule has 1 aromatic rings. The molecule has 8 nitrogen and oxygen atoms in total. The van der Waals surface area contributed by atoms with E-state index in [1.807, 2.05) is 0 Å². The van der Waals surface area contributed by atoms with Gasteiger partial charge in [-0.3, -0.25) is 4.79 Å². The van der Waals surface area contributed by atoms with Gasteiger partial charge in [0.05, 0.1) is 13.2 Å². The second-order valence-electron chi connectivity index (χ2n) is 7.54. The number of ether oxygens (including phenoxy) is 2. The number of anilines is 2. The summed E-state index contributed by atoms with van der Waals surface area (Å²) < 4.78 is 57.3. The second-order valence-corrected chi connectivity index (χ2v) is 7.54. The minimum atomic E-state index is -2.92. The molecule has 2 atom stereocenters. The zero-order valence-corrected chi connectivity index (χ0v) is 17.5. The number of hydrogen-bond acceptors (Lipinski definition) is 7. The number of nitrogens with one attached hydrogen (secondary N) is 3. The van der Waals surface area contributed by atoms with Crippen LogP contribution in [0.1, 0.15) is 56.3 Å². The third-order valence-electron chi connectivity index (χ3n) is 4.68. The molecule has 31 heavy (non-hydrogen) atoms. The Bertz CT molecular complexity index is 693. The van der Waals surface area contributed by atoms with Crippen LogP contribution in [0.3, 0.4) is 0 Å². The summed E-state index contributed by atoms with van der Waals surface area (Å²) in [5, 5.41) is 8.70. The molecular weight excluding hydrogens is 422 g/mol. The van der Waals surface area contributed by atoms with Crippen molar-refractivity contribution in [3.8, 4) is 0 Å². The Morgan fingerprint density at radius 3 is 2.29 bits per heavy atom. The molecule has 0 saturated heterocycles. The van der Waals surface area contributed by atoms with Crippen LogP contribution in [0.4, 0.5) is 29.3 Å². The van der Waals surface area contributed by atoms with Crippen LogP contribution in [0.2, 0.25) is 0 Å². The summed E-state index contributed by atoms with van der Waals surface area (Å²) in [4.78, 5) is 21.1. The molecule has 1 aromatic heterocycles. The molecule has 1 heterocycles. The van der Waals surface area contributed by atoms with E-state index in [9.17, 15) is 22.4 Å². The lowest BCUT2D eigenvalue weighted by Gasteiger charge is -2.25. The van der Waals surface area contributed by atoms with Gasteiger partial charge in [0, 0.05) is 24.3 Å². The molecule has 0 bridgehead atoms. The van der Waals surface area contributed by atoms with Crippen molar-refractivity contribution in [3.63, 3.8) is 0 Å². The average molecular weight is 451 g/mol. The molecule has 3 N–H and O–H groups in total. The highest BCUT2D eigenvalue weighted by atomic mass is 19.3. The first-order valence-electron chi connectivity index (χ1n) is 10.2. The van der Waals surface area contributed by atoms with Crippen molar-refractivity contribution in [2.24, 2.45) is 0 Å². The SMILES string of the molecule is C[C@H](COC(F)F)NC(=O)c1cnc(N[C@@H](C)COC(F)F)nc1NC1CCCCC1. The van der Waals surface area contributed by atoms with Crippen LogP contribution in [-0.2, 0) is 9.47 Å². The first kappa shape index (κ1) is 25.1. The summed E-state index contributed by atoms with van der Waals surface area (Å²) in [6, 6.07) is -1.03. The number of aromatic nitrogens is 2. The van der Waals surface area contributed by atoms with E-state index in [4.69, 9.17) is 0 Å². The van der Waals surface area contributed by atoms with Crippen LogP contribution in [0.15, 0.2) is 6.20 Å².